The predicted molar refractivity (Wildman–Crippen MR) is 108 cm³/mol. The van der Waals surface area contributed by atoms with E-state index in [9.17, 15) is 14.0 Å². The fourth-order valence-electron chi connectivity index (χ4n) is 3.03. The minimum atomic E-state index is -0.336. The zero-order valence-electron chi connectivity index (χ0n) is 15.9. The highest BCUT2D eigenvalue weighted by Crippen LogP contribution is 2.30. The molecule has 1 aliphatic carbocycles. The molecule has 1 aromatic heterocycles. The van der Waals surface area contributed by atoms with Crippen molar-refractivity contribution < 1.29 is 18.4 Å². The molecule has 6 heteroatoms. The SMILES string of the molecule is CC(NC(=O)c1ccc(-c2ccc(F)cc2)o1)c1ccc(NC(=O)C2CC2)cc1. The third-order valence-electron chi connectivity index (χ3n) is 4.93. The van der Waals surface area contributed by atoms with Gasteiger partial charge >= 0.3 is 0 Å². The summed E-state index contributed by atoms with van der Waals surface area (Å²) in [6, 6.07) is 16.3. The number of carbonyl (C=O) groups excluding carboxylic acids is 2. The first-order chi connectivity index (χ1) is 14.0. The molecule has 1 atom stereocenters. The van der Waals surface area contributed by atoms with Crippen LogP contribution in [-0.2, 0) is 4.79 Å². The quantitative estimate of drug-likeness (QED) is 0.625. The molecule has 29 heavy (non-hydrogen) atoms. The lowest BCUT2D eigenvalue weighted by molar-refractivity contribution is -0.117. The van der Waals surface area contributed by atoms with Crippen LogP contribution in [0, 0.1) is 11.7 Å². The average Bonchev–Trinajstić information content (AvgIpc) is 3.46. The Hall–Kier alpha value is -3.41. The number of amides is 2. The molecule has 1 unspecified atom stereocenters. The molecule has 1 aliphatic rings. The molecule has 0 aliphatic heterocycles. The molecule has 1 fully saturated rings. The summed E-state index contributed by atoms with van der Waals surface area (Å²) in [6.45, 7) is 1.87. The minimum absolute atomic E-state index is 0.0638. The fourth-order valence-corrected chi connectivity index (χ4v) is 3.03. The summed E-state index contributed by atoms with van der Waals surface area (Å²) in [7, 11) is 0. The van der Waals surface area contributed by atoms with Gasteiger partial charge in [-0.15, -0.1) is 0 Å². The standard InChI is InChI=1S/C23H21FN2O3/c1-14(15-6-10-19(11-7-15)26-22(27)17-2-3-17)25-23(28)21-13-12-20(29-21)16-4-8-18(24)9-5-16/h4-14,17H,2-3H2,1H3,(H,25,28)(H,26,27). The molecule has 2 aromatic carbocycles. The van der Waals surface area contributed by atoms with Gasteiger partial charge in [0, 0.05) is 17.2 Å². The van der Waals surface area contributed by atoms with Gasteiger partial charge in [-0.2, -0.15) is 0 Å². The first-order valence-electron chi connectivity index (χ1n) is 9.57. The second-order valence-corrected chi connectivity index (χ2v) is 7.25. The van der Waals surface area contributed by atoms with Crippen LogP contribution in [0.4, 0.5) is 10.1 Å². The van der Waals surface area contributed by atoms with Crippen LogP contribution in [0.25, 0.3) is 11.3 Å². The second kappa shape index (κ2) is 7.91. The van der Waals surface area contributed by atoms with Gasteiger partial charge in [-0.3, -0.25) is 9.59 Å². The van der Waals surface area contributed by atoms with Crippen LogP contribution in [-0.4, -0.2) is 11.8 Å². The van der Waals surface area contributed by atoms with Crippen LogP contribution in [0.2, 0.25) is 0 Å². The number of hydrogen-bond donors (Lipinski definition) is 2. The number of rotatable bonds is 6. The van der Waals surface area contributed by atoms with Crippen LogP contribution >= 0.6 is 0 Å². The van der Waals surface area contributed by atoms with Gasteiger partial charge in [0.1, 0.15) is 11.6 Å². The molecule has 0 bridgehead atoms. The van der Waals surface area contributed by atoms with Gasteiger partial charge in [-0.25, -0.2) is 4.39 Å². The summed E-state index contributed by atoms with van der Waals surface area (Å²) in [5.41, 5.74) is 2.36. The van der Waals surface area contributed by atoms with Crippen LogP contribution < -0.4 is 10.6 Å². The molecule has 0 saturated heterocycles. The Morgan fingerprint density at radius 3 is 2.34 bits per heavy atom. The molecular weight excluding hydrogens is 371 g/mol. The molecule has 2 N–H and O–H groups in total. The number of hydrogen-bond acceptors (Lipinski definition) is 3. The van der Waals surface area contributed by atoms with Gasteiger partial charge < -0.3 is 15.1 Å². The molecule has 0 radical (unpaired) electrons. The summed E-state index contributed by atoms with van der Waals surface area (Å²) >= 11 is 0. The van der Waals surface area contributed by atoms with Gasteiger partial charge in [0.15, 0.2) is 5.76 Å². The van der Waals surface area contributed by atoms with Crippen molar-refractivity contribution in [1.82, 2.24) is 5.32 Å². The van der Waals surface area contributed by atoms with Gasteiger partial charge in [-0.05, 0) is 73.9 Å². The Bertz CT molecular complexity index is 1020. The van der Waals surface area contributed by atoms with E-state index < -0.39 is 0 Å². The maximum Gasteiger partial charge on any atom is 0.287 e. The van der Waals surface area contributed by atoms with Crippen LogP contribution in [0.3, 0.4) is 0 Å². The van der Waals surface area contributed by atoms with E-state index in [1.54, 1.807) is 24.3 Å². The van der Waals surface area contributed by atoms with Crippen molar-refractivity contribution in [2.75, 3.05) is 5.32 Å². The molecule has 3 aromatic rings. The summed E-state index contributed by atoms with van der Waals surface area (Å²) in [6.07, 6.45) is 1.92. The third-order valence-corrected chi connectivity index (χ3v) is 4.93. The number of furan rings is 1. The van der Waals surface area contributed by atoms with E-state index in [1.807, 2.05) is 31.2 Å². The van der Waals surface area contributed by atoms with E-state index in [0.29, 0.717) is 11.3 Å². The van der Waals surface area contributed by atoms with Crippen molar-refractivity contribution in [1.29, 1.82) is 0 Å². The van der Waals surface area contributed by atoms with Crippen LogP contribution in [0.15, 0.2) is 65.1 Å². The molecule has 1 saturated carbocycles. The summed E-state index contributed by atoms with van der Waals surface area (Å²) in [4.78, 5) is 24.3. The average molecular weight is 392 g/mol. The zero-order chi connectivity index (χ0) is 20.4. The van der Waals surface area contributed by atoms with Crippen molar-refractivity contribution in [2.24, 2.45) is 5.92 Å². The van der Waals surface area contributed by atoms with Crippen LogP contribution in [0.5, 0.6) is 0 Å². The van der Waals surface area contributed by atoms with E-state index in [2.05, 4.69) is 10.6 Å². The summed E-state index contributed by atoms with van der Waals surface area (Å²) in [5, 5.41) is 5.79. The number of halogens is 1. The lowest BCUT2D eigenvalue weighted by atomic mass is 10.1. The number of nitrogens with one attached hydrogen (secondary N) is 2. The Labute approximate surface area is 167 Å². The van der Waals surface area contributed by atoms with E-state index in [4.69, 9.17) is 4.42 Å². The minimum Gasteiger partial charge on any atom is -0.451 e. The normalized spacial score (nSPS) is 14.3. The molecule has 148 valence electrons. The van der Waals surface area contributed by atoms with Crippen molar-refractivity contribution in [3.63, 3.8) is 0 Å². The molecule has 4 rings (SSSR count). The van der Waals surface area contributed by atoms with Crippen molar-refractivity contribution in [3.05, 3.63) is 77.8 Å². The lowest BCUT2D eigenvalue weighted by Crippen LogP contribution is -2.26. The maximum atomic E-state index is 13.1. The molecule has 5 nitrogen and oxygen atoms in total. The van der Waals surface area contributed by atoms with Gasteiger partial charge in [-0.1, -0.05) is 12.1 Å². The topological polar surface area (TPSA) is 71.3 Å². The van der Waals surface area contributed by atoms with Gasteiger partial charge in [0.05, 0.1) is 6.04 Å². The largest absolute Gasteiger partial charge is 0.451 e. The Morgan fingerprint density at radius 2 is 1.69 bits per heavy atom. The molecular formula is C23H21FN2O3. The van der Waals surface area contributed by atoms with Crippen molar-refractivity contribution in [2.45, 2.75) is 25.8 Å². The Kier molecular flexibility index (Phi) is 5.16. The summed E-state index contributed by atoms with van der Waals surface area (Å²) < 4.78 is 18.7. The molecule has 1 heterocycles. The smallest absolute Gasteiger partial charge is 0.287 e. The second-order valence-electron chi connectivity index (χ2n) is 7.25. The maximum absolute atomic E-state index is 13.1. The summed E-state index contributed by atoms with van der Waals surface area (Å²) in [5.74, 6) is 0.236. The van der Waals surface area contributed by atoms with E-state index in [0.717, 1.165) is 24.1 Å². The molecule has 2 amide bonds. The number of carbonyl (C=O) groups is 2. The highest BCUT2D eigenvalue weighted by Gasteiger charge is 2.29. The Balaban J connectivity index is 1.37. The van der Waals surface area contributed by atoms with Crippen LogP contribution in [0.1, 0.15) is 41.9 Å². The van der Waals surface area contributed by atoms with E-state index in [1.165, 1.54) is 12.1 Å². The number of anilines is 1. The number of benzene rings is 2. The zero-order valence-corrected chi connectivity index (χ0v) is 15.9. The van der Waals surface area contributed by atoms with Gasteiger partial charge in [0.25, 0.3) is 5.91 Å². The monoisotopic (exact) mass is 392 g/mol. The predicted octanol–water partition coefficient (Wildman–Crippen LogP) is 4.93. The lowest BCUT2D eigenvalue weighted by Gasteiger charge is -2.14. The highest BCUT2D eigenvalue weighted by atomic mass is 19.1. The first kappa shape index (κ1) is 18.9. The van der Waals surface area contributed by atoms with Crippen molar-refractivity contribution in [3.8, 4) is 11.3 Å². The van der Waals surface area contributed by atoms with E-state index in [-0.39, 0.29) is 35.4 Å². The third kappa shape index (κ3) is 4.54. The van der Waals surface area contributed by atoms with E-state index >= 15 is 0 Å². The van der Waals surface area contributed by atoms with Crippen molar-refractivity contribution >= 4 is 17.5 Å². The first-order valence-corrected chi connectivity index (χ1v) is 9.57. The fraction of sp³-hybridized carbons (Fsp3) is 0.217. The van der Waals surface area contributed by atoms with Gasteiger partial charge in [0.2, 0.25) is 5.91 Å². The highest BCUT2D eigenvalue weighted by molar-refractivity contribution is 5.94. The molecule has 0 spiro atoms. The Morgan fingerprint density at radius 1 is 1.00 bits per heavy atom.